The Labute approximate surface area is 218 Å². The Balaban J connectivity index is 1.14. The molecule has 5 nitrogen and oxygen atoms in total. The van der Waals surface area contributed by atoms with Gasteiger partial charge in [-0.05, 0) is 85.3 Å². The normalized spacial score (nSPS) is 27.2. The summed E-state index contributed by atoms with van der Waals surface area (Å²) in [7, 11) is 0. The number of likely N-dealkylation sites (tertiary alicyclic amines) is 2. The second-order valence-corrected chi connectivity index (χ2v) is 11.0. The highest BCUT2D eigenvalue weighted by atomic mass is 19.1. The molecule has 0 aliphatic carbocycles. The Morgan fingerprint density at radius 1 is 0.973 bits per heavy atom. The average molecular weight is 503 g/mol. The molecule has 3 aromatic rings. The van der Waals surface area contributed by atoms with E-state index in [4.69, 9.17) is 9.47 Å². The summed E-state index contributed by atoms with van der Waals surface area (Å²) in [5.74, 6) is 0.831. The van der Waals surface area contributed by atoms with Gasteiger partial charge >= 0.3 is 0 Å². The Morgan fingerprint density at radius 2 is 1.73 bits per heavy atom. The van der Waals surface area contributed by atoms with Crippen LogP contribution in [0.1, 0.15) is 41.6 Å². The van der Waals surface area contributed by atoms with E-state index in [0.29, 0.717) is 31.5 Å². The highest BCUT2D eigenvalue weighted by molar-refractivity contribution is 5.98. The monoisotopic (exact) mass is 502 g/mol. The molecule has 3 heterocycles. The number of amides is 1. The number of carbonyl (C=O) groups is 1. The molecule has 3 aromatic carbocycles. The second-order valence-electron chi connectivity index (χ2n) is 11.0. The van der Waals surface area contributed by atoms with Gasteiger partial charge in [0, 0.05) is 31.1 Å². The van der Waals surface area contributed by atoms with E-state index < -0.39 is 0 Å². The van der Waals surface area contributed by atoms with Crippen LogP contribution >= 0.6 is 0 Å². The lowest BCUT2D eigenvalue weighted by atomic mass is 9.88. The van der Waals surface area contributed by atoms with Crippen LogP contribution in [0.5, 0.6) is 0 Å². The molecule has 0 radical (unpaired) electrons. The Bertz CT molecular complexity index is 1240. The predicted octanol–water partition coefficient (Wildman–Crippen LogP) is 5.31. The lowest BCUT2D eigenvalue weighted by molar-refractivity contribution is -0.102. The minimum atomic E-state index is -0.258. The van der Waals surface area contributed by atoms with Crippen LogP contribution in [-0.4, -0.2) is 67.4 Å². The molecule has 194 valence electrons. The van der Waals surface area contributed by atoms with Crippen molar-refractivity contribution < 1.29 is 18.7 Å². The maximum absolute atomic E-state index is 13.6. The third-order valence-corrected chi connectivity index (χ3v) is 8.41. The van der Waals surface area contributed by atoms with Gasteiger partial charge in [-0.3, -0.25) is 4.79 Å². The van der Waals surface area contributed by atoms with Crippen molar-refractivity contribution in [3.8, 4) is 0 Å². The topological polar surface area (TPSA) is 42.0 Å². The van der Waals surface area contributed by atoms with Gasteiger partial charge in [0.1, 0.15) is 5.82 Å². The number of ether oxygens (including phenoxy) is 2. The summed E-state index contributed by atoms with van der Waals surface area (Å²) in [5.41, 5.74) is 1.97. The maximum atomic E-state index is 13.6. The molecule has 0 aromatic heterocycles. The smallest absolute Gasteiger partial charge is 0.253 e. The van der Waals surface area contributed by atoms with Crippen LogP contribution < -0.4 is 0 Å². The largest absolute Gasteiger partial charge is 0.350 e. The van der Waals surface area contributed by atoms with E-state index in [1.165, 1.54) is 5.56 Å². The third-order valence-electron chi connectivity index (χ3n) is 8.41. The summed E-state index contributed by atoms with van der Waals surface area (Å²) >= 11 is 0. The summed E-state index contributed by atoms with van der Waals surface area (Å²) in [6.07, 6.45) is 1.96. The van der Waals surface area contributed by atoms with E-state index in [1.807, 2.05) is 54.3 Å². The standard InChI is InChI=1S/C31H35FN2O3/c1-21-20-36-31(37-21)29-19-34(30(35)26-7-6-22-4-2-3-5-25(22)16-26)18-27(29)17-33-14-12-24(13-15-33)23-8-10-28(32)11-9-23/h2-11,16,21,24,27,29,31H,12-15,17-20H2,1H3. The molecule has 3 aliphatic rings. The molecular weight excluding hydrogens is 467 g/mol. The summed E-state index contributed by atoms with van der Waals surface area (Å²) in [4.78, 5) is 18.1. The first kappa shape index (κ1) is 24.5. The molecule has 4 unspecified atom stereocenters. The second kappa shape index (κ2) is 10.5. The van der Waals surface area contributed by atoms with Gasteiger partial charge in [-0.25, -0.2) is 4.39 Å². The molecule has 0 saturated carbocycles. The van der Waals surface area contributed by atoms with E-state index in [-0.39, 0.29) is 30.0 Å². The number of carbonyl (C=O) groups excluding carboxylic acids is 1. The fourth-order valence-electron chi connectivity index (χ4n) is 6.35. The van der Waals surface area contributed by atoms with Crippen molar-refractivity contribution in [2.75, 3.05) is 39.3 Å². The van der Waals surface area contributed by atoms with Crippen molar-refractivity contribution in [3.05, 3.63) is 83.7 Å². The molecule has 3 aliphatic heterocycles. The zero-order chi connectivity index (χ0) is 25.4. The lowest BCUT2D eigenvalue weighted by Gasteiger charge is -2.35. The van der Waals surface area contributed by atoms with Gasteiger partial charge < -0.3 is 19.3 Å². The quantitative estimate of drug-likeness (QED) is 0.474. The number of hydrogen-bond donors (Lipinski definition) is 0. The molecule has 0 N–H and O–H groups in total. The van der Waals surface area contributed by atoms with Crippen molar-refractivity contribution >= 4 is 16.7 Å². The molecule has 4 atom stereocenters. The van der Waals surface area contributed by atoms with Crippen LogP contribution in [0.25, 0.3) is 10.8 Å². The maximum Gasteiger partial charge on any atom is 0.253 e. The molecule has 1 amide bonds. The molecular formula is C31H35FN2O3. The zero-order valence-electron chi connectivity index (χ0n) is 21.4. The fraction of sp³-hybridized carbons (Fsp3) is 0.452. The number of rotatable bonds is 5. The van der Waals surface area contributed by atoms with Gasteiger partial charge in [0.2, 0.25) is 0 Å². The zero-order valence-corrected chi connectivity index (χ0v) is 21.4. The highest BCUT2D eigenvalue weighted by Gasteiger charge is 2.44. The molecule has 6 rings (SSSR count). The number of hydrogen-bond acceptors (Lipinski definition) is 4. The van der Waals surface area contributed by atoms with Gasteiger partial charge in [0.25, 0.3) is 5.91 Å². The minimum absolute atomic E-state index is 0.0827. The molecule has 0 bridgehead atoms. The van der Waals surface area contributed by atoms with Gasteiger partial charge in [0.15, 0.2) is 6.29 Å². The van der Waals surface area contributed by atoms with Crippen LogP contribution in [-0.2, 0) is 9.47 Å². The fourth-order valence-corrected chi connectivity index (χ4v) is 6.35. The summed E-state index contributed by atoms with van der Waals surface area (Å²) < 4.78 is 25.5. The van der Waals surface area contributed by atoms with E-state index in [1.54, 1.807) is 12.1 Å². The van der Waals surface area contributed by atoms with Gasteiger partial charge in [-0.2, -0.15) is 0 Å². The number of piperidine rings is 1. The summed E-state index contributed by atoms with van der Waals surface area (Å²) in [5, 5.41) is 2.22. The number of halogens is 1. The molecule has 37 heavy (non-hydrogen) atoms. The predicted molar refractivity (Wildman–Crippen MR) is 142 cm³/mol. The number of nitrogens with zero attached hydrogens (tertiary/aromatic N) is 2. The summed E-state index contributed by atoms with van der Waals surface area (Å²) in [6, 6.07) is 21.1. The Hall–Kier alpha value is -2.80. The first-order valence-electron chi connectivity index (χ1n) is 13.6. The Morgan fingerprint density at radius 3 is 2.46 bits per heavy atom. The molecule has 3 saturated heterocycles. The van der Waals surface area contributed by atoms with Crippen LogP contribution in [0.3, 0.4) is 0 Å². The van der Waals surface area contributed by atoms with Crippen molar-refractivity contribution in [2.24, 2.45) is 11.8 Å². The van der Waals surface area contributed by atoms with Gasteiger partial charge in [-0.1, -0.05) is 42.5 Å². The van der Waals surface area contributed by atoms with Crippen LogP contribution in [0.2, 0.25) is 0 Å². The van der Waals surface area contributed by atoms with Crippen LogP contribution in [0.4, 0.5) is 4.39 Å². The van der Waals surface area contributed by atoms with E-state index in [9.17, 15) is 9.18 Å². The number of benzene rings is 3. The van der Waals surface area contributed by atoms with E-state index in [0.717, 1.165) is 48.8 Å². The SMILES string of the molecule is CC1COC(C2CN(C(=O)c3ccc4ccccc4c3)CC2CN2CCC(c3ccc(F)cc3)CC2)O1. The highest BCUT2D eigenvalue weighted by Crippen LogP contribution is 2.35. The average Bonchev–Trinajstić information content (AvgIpc) is 3.55. The van der Waals surface area contributed by atoms with Gasteiger partial charge in [-0.15, -0.1) is 0 Å². The summed E-state index contributed by atoms with van der Waals surface area (Å²) in [6.45, 7) is 6.96. The molecule has 6 heteroatoms. The van der Waals surface area contributed by atoms with Crippen molar-refractivity contribution in [1.29, 1.82) is 0 Å². The number of fused-ring (bicyclic) bond motifs is 1. The lowest BCUT2D eigenvalue weighted by Crippen LogP contribution is -2.40. The third kappa shape index (κ3) is 5.28. The first-order valence-corrected chi connectivity index (χ1v) is 13.6. The van der Waals surface area contributed by atoms with Crippen molar-refractivity contribution in [2.45, 2.75) is 38.1 Å². The van der Waals surface area contributed by atoms with E-state index in [2.05, 4.69) is 17.0 Å². The molecule has 0 spiro atoms. The minimum Gasteiger partial charge on any atom is -0.350 e. The van der Waals surface area contributed by atoms with Crippen molar-refractivity contribution in [1.82, 2.24) is 9.80 Å². The van der Waals surface area contributed by atoms with Crippen LogP contribution in [0.15, 0.2) is 66.7 Å². The van der Waals surface area contributed by atoms with Crippen LogP contribution in [0, 0.1) is 17.7 Å². The molecule has 3 fully saturated rings. The van der Waals surface area contributed by atoms with Gasteiger partial charge in [0.05, 0.1) is 12.7 Å². The van der Waals surface area contributed by atoms with Crippen molar-refractivity contribution in [3.63, 3.8) is 0 Å². The Kier molecular flexibility index (Phi) is 6.98. The van der Waals surface area contributed by atoms with E-state index >= 15 is 0 Å². The first-order chi connectivity index (χ1) is 18.0.